The van der Waals surface area contributed by atoms with Crippen molar-refractivity contribution in [1.82, 2.24) is 24.4 Å². The van der Waals surface area contributed by atoms with Gasteiger partial charge in [0.25, 0.3) is 0 Å². The van der Waals surface area contributed by atoms with E-state index in [1.807, 2.05) is 17.7 Å². The number of aromatic nitrogens is 4. The summed E-state index contributed by atoms with van der Waals surface area (Å²) in [7, 11) is 0. The van der Waals surface area contributed by atoms with Crippen LogP contribution in [0.3, 0.4) is 0 Å². The number of hydrogen-bond donors (Lipinski definition) is 1. The highest BCUT2D eigenvalue weighted by Gasteiger charge is 2.31. The molecule has 7 nitrogen and oxygen atoms in total. The van der Waals surface area contributed by atoms with Crippen LogP contribution in [-0.2, 0) is 11.3 Å². The Balaban J connectivity index is 1.44. The summed E-state index contributed by atoms with van der Waals surface area (Å²) in [6.07, 6.45) is 7.44. The molecule has 138 valence electrons. The summed E-state index contributed by atoms with van der Waals surface area (Å²) in [5, 5.41) is 3.18. The summed E-state index contributed by atoms with van der Waals surface area (Å²) in [5.74, 6) is 1.72. The van der Waals surface area contributed by atoms with Crippen molar-refractivity contribution in [2.75, 3.05) is 11.9 Å². The summed E-state index contributed by atoms with van der Waals surface area (Å²) < 4.78 is 14.9. The zero-order valence-corrected chi connectivity index (χ0v) is 14.8. The Bertz CT molecular complexity index is 955. The number of anilines is 1. The summed E-state index contributed by atoms with van der Waals surface area (Å²) in [4.78, 5) is 27.4. The molecule has 1 aliphatic rings. The van der Waals surface area contributed by atoms with Gasteiger partial charge >= 0.3 is 0 Å². The van der Waals surface area contributed by atoms with Gasteiger partial charge in [0, 0.05) is 25.5 Å². The fourth-order valence-corrected chi connectivity index (χ4v) is 3.18. The van der Waals surface area contributed by atoms with Gasteiger partial charge in [-0.3, -0.25) is 14.3 Å². The molecule has 1 atom stereocenters. The number of hydrogen-bond acceptors (Lipinski definition) is 5. The fraction of sp³-hybridized carbons (Fsp3) is 0.263. The molecule has 1 aliphatic heterocycles. The van der Waals surface area contributed by atoms with Crippen LogP contribution in [0.5, 0.6) is 0 Å². The second-order valence-corrected chi connectivity index (χ2v) is 6.48. The lowest BCUT2D eigenvalue weighted by Gasteiger charge is -2.17. The van der Waals surface area contributed by atoms with Gasteiger partial charge in [0.2, 0.25) is 5.91 Å². The molecule has 1 saturated heterocycles. The largest absolute Gasteiger partial charge is 0.357 e. The molecule has 1 unspecified atom stereocenters. The first kappa shape index (κ1) is 17.1. The molecule has 27 heavy (non-hydrogen) atoms. The van der Waals surface area contributed by atoms with Crippen LogP contribution in [0.15, 0.2) is 49.1 Å². The number of nitrogens with one attached hydrogen (secondary N) is 1. The van der Waals surface area contributed by atoms with Gasteiger partial charge < -0.3 is 10.2 Å². The minimum atomic E-state index is -0.348. The van der Waals surface area contributed by atoms with Gasteiger partial charge in [-0.1, -0.05) is 12.1 Å². The summed E-state index contributed by atoms with van der Waals surface area (Å²) in [5.41, 5.74) is 0.905. The third kappa shape index (κ3) is 3.64. The second kappa shape index (κ2) is 7.14. The average molecular weight is 366 g/mol. The van der Waals surface area contributed by atoms with Crippen LogP contribution in [0.4, 0.5) is 10.2 Å². The van der Waals surface area contributed by atoms with Crippen LogP contribution in [0.25, 0.3) is 5.82 Å². The van der Waals surface area contributed by atoms with Crippen LogP contribution in [-0.4, -0.2) is 42.9 Å². The number of rotatable bonds is 5. The molecular weight excluding hydrogens is 347 g/mol. The van der Waals surface area contributed by atoms with Crippen molar-refractivity contribution < 1.29 is 9.18 Å². The first-order valence-corrected chi connectivity index (χ1v) is 8.72. The minimum absolute atomic E-state index is 0.00494. The van der Waals surface area contributed by atoms with Crippen molar-refractivity contribution >= 4 is 11.7 Å². The number of carbonyl (C=O) groups excluding carboxylic acids is 1. The Hall–Kier alpha value is -3.29. The molecule has 0 saturated carbocycles. The second-order valence-electron chi connectivity index (χ2n) is 6.48. The maximum Gasteiger partial charge on any atom is 0.245 e. The fourth-order valence-electron chi connectivity index (χ4n) is 3.18. The van der Waals surface area contributed by atoms with Gasteiger partial charge in [-0.15, -0.1) is 0 Å². The zero-order chi connectivity index (χ0) is 18.8. The third-order valence-electron chi connectivity index (χ3n) is 4.60. The predicted octanol–water partition coefficient (Wildman–Crippen LogP) is 2.32. The molecule has 1 N–H and O–H groups in total. The van der Waals surface area contributed by atoms with Gasteiger partial charge in [-0.2, -0.15) is 0 Å². The van der Waals surface area contributed by atoms with E-state index in [4.69, 9.17) is 0 Å². The maximum absolute atomic E-state index is 13.0. The molecule has 4 rings (SSSR count). The summed E-state index contributed by atoms with van der Waals surface area (Å²) in [6, 6.07) is 5.87. The van der Waals surface area contributed by atoms with Gasteiger partial charge in [-0.25, -0.2) is 14.4 Å². The highest BCUT2D eigenvalue weighted by Crippen LogP contribution is 2.19. The Morgan fingerprint density at radius 2 is 2.07 bits per heavy atom. The molecule has 8 heteroatoms. The van der Waals surface area contributed by atoms with Gasteiger partial charge in [0.1, 0.15) is 23.5 Å². The number of aryl methyl sites for hydroxylation is 1. The lowest BCUT2D eigenvalue weighted by Crippen LogP contribution is -2.33. The number of amides is 1. The molecule has 0 bridgehead atoms. The zero-order valence-electron chi connectivity index (χ0n) is 14.8. The van der Waals surface area contributed by atoms with E-state index in [0.717, 1.165) is 11.4 Å². The number of nitrogens with zero attached hydrogens (tertiary/aromatic N) is 5. The molecule has 2 aromatic heterocycles. The number of halogens is 1. The van der Waals surface area contributed by atoms with Crippen LogP contribution in [0.2, 0.25) is 0 Å². The maximum atomic E-state index is 13.0. The van der Waals surface area contributed by atoms with E-state index in [2.05, 4.69) is 20.3 Å². The Kier molecular flexibility index (Phi) is 4.53. The van der Waals surface area contributed by atoms with Crippen LogP contribution < -0.4 is 5.32 Å². The van der Waals surface area contributed by atoms with Crippen molar-refractivity contribution in [2.24, 2.45) is 0 Å². The quantitative estimate of drug-likeness (QED) is 0.750. The molecule has 1 fully saturated rings. The molecule has 3 aromatic rings. The molecule has 0 radical (unpaired) electrons. The van der Waals surface area contributed by atoms with E-state index in [1.165, 1.54) is 12.1 Å². The molecule has 3 heterocycles. The van der Waals surface area contributed by atoms with Crippen molar-refractivity contribution in [2.45, 2.75) is 25.9 Å². The molecule has 0 spiro atoms. The Morgan fingerprint density at radius 3 is 2.81 bits per heavy atom. The normalized spacial score (nSPS) is 16.7. The summed E-state index contributed by atoms with van der Waals surface area (Å²) in [6.45, 7) is 2.99. The number of carbonyl (C=O) groups is 1. The van der Waals surface area contributed by atoms with Crippen molar-refractivity contribution in [1.29, 1.82) is 0 Å². The van der Waals surface area contributed by atoms with Crippen molar-refractivity contribution in [3.8, 4) is 5.82 Å². The van der Waals surface area contributed by atoms with Gasteiger partial charge in [-0.05, 0) is 31.0 Å². The summed E-state index contributed by atoms with van der Waals surface area (Å²) >= 11 is 0. The van der Waals surface area contributed by atoms with Crippen molar-refractivity contribution in [3.05, 3.63) is 66.3 Å². The number of likely N-dealkylation sites (tertiary alicyclic amines) is 1. The topological polar surface area (TPSA) is 75.9 Å². The third-order valence-corrected chi connectivity index (χ3v) is 4.60. The number of benzene rings is 1. The molecular formula is C19H19FN6O. The standard InChI is InChI=1S/C19H19FN6O/c1-13-22-7-9-26(13)18-11-21-10-17(24-18)23-16-6-8-25(19(16)27)12-14-2-4-15(20)5-3-14/h2-5,7,9-11,16H,6,8,12H2,1H3,(H,23,24). The average Bonchev–Trinajstić information content (AvgIpc) is 3.24. The van der Waals surface area contributed by atoms with Gasteiger partial charge in [0.15, 0.2) is 5.82 Å². The van der Waals surface area contributed by atoms with Crippen LogP contribution in [0.1, 0.15) is 17.8 Å². The van der Waals surface area contributed by atoms with Crippen LogP contribution in [0, 0.1) is 12.7 Å². The Labute approximate surface area is 155 Å². The van der Waals surface area contributed by atoms with E-state index in [1.54, 1.807) is 35.6 Å². The molecule has 0 aliphatic carbocycles. The lowest BCUT2D eigenvalue weighted by molar-refractivity contribution is -0.128. The first-order chi connectivity index (χ1) is 13.1. The molecule has 1 amide bonds. The Morgan fingerprint density at radius 1 is 1.26 bits per heavy atom. The predicted molar refractivity (Wildman–Crippen MR) is 97.7 cm³/mol. The monoisotopic (exact) mass is 366 g/mol. The SMILES string of the molecule is Cc1nccn1-c1cncc(NC2CCN(Cc3ccc(F)cc3)C2=O)n1. The van der Waals surface area contributed by atoms with E-state index in [-0.39, 0.29) is 17.8 Å². The van der Waals surface area contributed by atoms with Gasteiger partial charge in [0.05, 0.1) is 12.4 Å². The van der Waals surface area contributed by atoms with E-state index < -0.39 is 0 Å². The highest BCUT2D eigenvalue weighted by atomic mass is 19.1. The van der Waals surface area contributed by atoms with Crippen LogP contribution >= 0.6 is 0 Å². The lowest BCUT2D eigenvalue weighted by atomic mass is 10.2. The smallest absolute Gasteiger partial charge is 0.245 e. The highest BCUT2D eigenvalue weighted by molar-refractivity contribution is 5.86. The van der Waals surface area contributed by atoms with E-state index in [0.29, 0.717) is 31.1 Å². The first-order valence-electron chi connectivity index (χ1n) is 8.72. The molecule has 1 aromatic carbocycles. The van der Waals surface area contributed by atoms with E-state index >= 15 is 0 Å². The van der Waals surface area contributed by atoms with E-state index in [9.17, 15) is 9.18 Å². The minimum Gasteiger partial charge on any atom is -0.357 e. The van der Waals surface area contributed by atoms with Crippen molar-refractivity contribution in [3.63, 3.8) is 0 Å². The number of imidazole rings is 1.